The molecule has 1 fully saturated rings. The third-order valence-electron chi connectivity index (χ3n) is 4.63. The zero-order valence-electron chi connectivity index (χ0n) is 12.4. The number of benzene rings is 1. The fourth-order valence-electron chi connectivity index (χ4n) is 3.55. The van der Waals surface area contributed by atoms with Crippen LogP contribution in [0.4, 0.5) is 5.69 Å². The minimum atomic E-state index is -0.137. The molecule has 1 aliphatic carbocycles. The Labute approximate surface area is 117 Å². The third-order valence-corrected chi connectivity index (χ3v) is 4.63. The van der Waals surface area contributed by atoms with Crippen molar-refractivity contribution in [1.29, 1.82) is 0 Å². The SMILES string of the molecule is Cc1ccc(NC2(CO)CCCCC2C(C)C)cc1. The molecule has 1 saturated carbocycles. The van der Waals surface area contributed by atoms with Crippen molar-refractivity contribution in [1.82, 2.24) is 0 Å². The lowest BCUT2D eigenvalue weighted by molar-refractivity contribution is 0.0898. The van der Waals surface area contributed by atoms with Crippen LogP contribution < -0.4 is 5.32 Å². The van der Waals surface area contributed by atoms with E-state index in [1.54, 1.807) is 0 Å². The van der Waals surface area contributed by atoms with E-state index in [0.717, 1.165) is 12.1 Å². The summed E-state index contributed by atoms with van der Waals surface area (Å²) in [5.74, 6) is 1.15. The van der Waals surface area contributed by atoms with Gasteiger partial charge in [-0.05, 0) is 43.7 Å². The van der Waals surface area contributed by atoms with Gasteiger partial charge in [0.05, 0.1) is 12.1 Å². The van der Waals surface area contributed by atoms with Crippen LogP contribution in [0.3, 0.4) is 0 Å². The second kappa shape index (κ2) is 5.96. The Balaban J connectivity index is 2.22. The first-order valence-electron chi connectivity index (χ1n) is 7.53. The van der Waals surface area contributed by atoms with Crippen LogP contribution in [0.2, 0.25) is 0 Å². The normalized spacial score (nSPS) is 27.5. The van der Waals surface area contributed by atoms with Gasteiger partial charge >= 0.3 is 0 Å². The molecule has 0 heterocycles. The second-order valence-corrected chi connectivity index (χ2v) is 6.40. The summed E-state index contributed by atoms with van der Waals surface area (Å²) in [6.45, 7) is 6.88. The van der Waals surface area contributed by atoms with E-state index in [9.17, 15) is 5.11 Å². The van der Waals surface area contributed by atoms with Gasteiger partial charge < -0.3 is 10.4 Å². The maximum absolute atomic E-state index is 10.0. The van der Waals surface area contributed by atoms with E-state index in [4.69, 9.17) is 0 Å². The van der Waals surface area contributed by atoms with Crippen LogP contribution in [0.5, 0.6) is 0 Å². The molecule has 0 spiro atoms. The van der Waals surface area contributed by atoms with E-state index in [0.29, 0.717) is 11.8 Å². The number of nitrogens with one attached hydrogen (secondary N) is 1. The topological polar surface area (TPSA) is 32.3 Å². The molecule has 0 radical (unpaired) electrons. The van der Waals surface area contributed by atoms with Crippen molar-refractivity contribution < 1.29 is 5.11 Å². The molecule has 0 aromatic heterocycles. The average molecular weight is 261 g/mol. The zero-order valence-corrected chi connectivity index (χ0v) is 12.4. The van der Waals surface area contributed by atoms with Crippen LogP contribution in [0.25, 0.3) is 0 Å². The monoisotopic (exact) mass is 261 g/mol. The summed E-state index contributed by atoms with van der Waals surface area (Å²) >= 11 is 0. The highest BCUT2D eigenvalue weighted by Gasteiger charge is 2.41. The van der Waals surface area contributed by atoms with Gasteiger partial charge in [0.15, 0.2) is 0 Å². The summed E-state index contributed by atoms with van der Waals surface area (Å²) in [7, 11) is 0. The number of hydrogen-bond acceptors (Lipinski definition) is 2. The molecule has 2 atom stereocenters. The molecule has 19 heavy (non-hydrogen) atoms. The van der Waals surface area contributed by atoms with Gasteiger partial charge in [0.25, 0.3) is 0 Å². The van der Waals surface area contributed by atoms with Crippen LogP contribution in [0.15, 0.2) is 24.3 Å². The summed E-state index contributed by atoms with van der Waals surface area (Å²) in [6.07, 6.45) is 4.79. The van der Waals surface area contributed by atoms with E-state index in [2.05, 4.69) is 50.4 Å². The van der Waals surface area contributed by atoms with E-state index in [1.165, 1.54) is 24.8 Å². The summed E-state index contributed by atoms with van der Waals surface area (Å²) < 4.78 is 0. The van der Waals surface area contributed by atoms with Crippen LogP contribution >= 0.6 is 0 Å². The van der Waals surface area contributed by atoms with Gasteiger partial charge in [0.2, 0.25) is 0 Å². The lowest BCUT2D eigenvalue weighted by atomic mass is 9.68. The lowest BCUT2D eigenvalue weighted by Gasteiger charge is -2.46. The Morgan fingerprint density at radius 1 is 1.26 bits per heavy atom. The summed E-state index contributed by atoms with van der Waals surface area (Å²) in [5.41, 5.74) is 2.27. The first-order chi connectivity index (χ1) is 9.07. The van der Waals surface area contributed by atoms with Crippen molar-refractivity contribution in [3.8, 4) is 0 Å². The highest BCUT2D eigenvalue weighted by atomic mass is 16.3. The van der Waals surface area contributed by atoms with E-state index >= 15 is 0 Å². The van der Waals surface area contributed by atoms with Crippen LogP contribution in [0.1, 0.15) is 45.1 Å². The Morgan fingerprint density at radius 3 is 2.53 bits per heavy atom. The number of aryl methyl sites for hydroxylation is 1. The van der Waals surface area contributed by atoms with Gasteiger partial charge in [-0.1, -0.05) is 44.4 Å². The maximum atomic E-state index is 10.0. The standard InChI is InChI=1S/C17H27NO/c1-13(2)16-6-4-5-11-17(16,12-19)18-15-9-7-14(3)8-10-15/h7-10,13,16,18-19H,4-6,11-12H2,1-3H3. The molecule has 2 nitrogen and oxygen atoms in total. The van der Waals surface area contributed by atoms with E-state index < -0.39 is 0 Å². The van der Waals surface area contributed by atoms with E-state index in [-0.39, 0.29) is 12.1 Å². The van der Waals surface area contributed by atoms with Gasteiger partial charge in [-0.2, -0.15) is 0 Å². The smallest absolute Gasteiger partial charge is 0.0664 e. The molecule has 106 valence electrons. The van der Waals surface area contributed by atoms with Crippen LogP contribution in [-0.2, 0) is 0 Å². The highest BCUT2D eigenvalue weighted by molar-refractivity contribution is 5.47. The predicted octanol–water partition coefficient (Wildman–Crippen LogP) is 3.98. The Kier molecular flexibility index (Phi) is 4.51. The van der Waals surface area contributed by atoms with Crippen LogP contribution in [-0.4, -0.2) is 17.3 Å². The Morgan fingerprint density at radius 2 is 1.95 bits per heavy atom. The van der Waals surface area contributed by atoms with Gasteiger partial charge in [-0.15, -0.1) is 0 Å². The molecule has 1 aliphatic rings. The molecule has 0 aliphatic heterocycles. The van der Waals surface area contributed by atoms with Crippen molar-refractivity contribution in [2.24, 2.45) is 11.8 Å². The maximum Gasteiger partial charge on any atom is 0.0664 e. The molecule has 1 aromatic rings. The molecule has 2 unspecified atom stereocenters. The quantitative estimate of drug-likeness (QED) is 0.859. The Hall–Kier alpha value is -1.02. The summed E-state index contributed by atoms with van der Waals surface area (Å²) in [4.78, 5) is 0. The Bertz CT molecular complexity index is 398. The minimum Gasteiger partial charge on any atom is -0.394 e. The second-order valence-electron chi connectivity index (χ2n) is 6.40. The van der Waals surface area contributed by atoms with Crippen molar-refractivity contribution >= 4 is 5.69 Å². The molecule has 2 heteroatoms. The highest BCUT2D eigenvalue weighted by Crippen LogP contribution is 2.40. The zero-order chi connectivity index (χ0) is 13.9. The molecular weight excluding hydrogens is 234 g/mol. The molecule has 0 saturated heterocycles. The molecule has 1 aromatic carbocycles. The fraction of sp³-hybridized carbons (Fsp3) is 0.647. The lowest BCUT2D eigenvalue weighted by Crippen LogP contribution is -2.52. The van der Waals surface area contributed by atoms with Crippen molar-refractivity contribution in [2.45, 2.75) is 52.0 Å². The third kappa shape index (κ3) is 3.11. The predicted molar refractivity (Wildman–Crippen MR) is 81.4 cm³/mol. The molecule has 2 N–H and O–H groups in total. The number of anilines is 1. The first-order valence-corrected chi connectivity index (χ1v) is 7.53. The number of aliphatic hydroxyl groups is 1. The van der Waals surface area contributed by atoms with Gasteiger partial charge in [-0.25, -0.2) is 0 Å². The van der Waals surface area contributed by atoms with Crippen molar-refractivity contribution in [3.63, 3.8) is 0 Å². The number of hydrogen-bond donors (Lipinski definition) is 2. The van der Waals surface area contributed by atoms with Gasteiger partial charge in [0.1, 0.15) is 0 Å². The van der Waals surface area contributed by atoms with Crippen LogP contribution in [0, 0.1) is 18.8 Å². The van der Waals surface area contributed by atoms with Crippen molar-refractivity contribution in [3.05, 3.63) is 29.8 Å². The fourth-order valence-corrected chi connectivity index (χ4v) is 3.55. The van der Waals surface area contributed by atoms with E-state index in [1.807, 2.05) is 0 Å². The number of rotatable bonds is 4. The van der Waals surface area contributed by atoms with Gasteiger partial charge in [-0.3, -0.25) is 0 Å². The molecular formula is C17H27NO. The van der Waals surface area contributed by atoms with Gasteiger partial charge in [0, 0.05) is 5.69 Å². The van der Waals surface area contributed by atoms with Crippen molar-refractivity contribution in [2.75, 3.05) is 11.9 Å². The molecule has 2 rings (SSSR count). The number of aliphatic hydroxyl groups excluding tert-OH is 1. The largest absolute Gasteiger partial charge is 0.394 e. The summed E-state index contributed by atoms with van der Waals surface area (Å²) in [5, 5.41) is 13.7. The molecule has 0 bridgehead atoms. The molecule has 0 amide bonds. The average Bonchev–Trinajstić information content (AvgIpc) is 2.41. The summed E-state index contributed by atoms with van der Waals surface area (Å²) in [6, 6.07) is 8.50. The first kappa shape index (κ1) is 14.4. The minimum absolute atomic E-state index is 0.137.